The summed E-state index contributed by atoms with van der Waals surface area (Å²) in [7, 11) is 0. The Hall–Kier alpha value is -3.87. The Balaban J connectivity index is 1.59. The van der Waals surface area contributed by atoms with Crippen molar-refractivity contribution in [2.45, 2.75) is 6.92 Å². The number of aromatic hydroxyl groups is 1. The summed E-state index contributed by atoms with van der Waals surface area (Å²) in [6, 6.07) is 18.9. The molecular formula is C20H15N5O2. The van der Waals surface area contributed by atoms with Gasteiger partial charge in [0.2, 0.25) is 5.82 Å². The molecular weight excluding hydrogens is 342 g/mol. The van der Waals surface area contributed by atoms with Gasteiger partial charge in [0.15, 0.2) is 0 Å². The fraction of sp³-hybridized carbons (Fsp3) is 0.0500. The molecule has 0 atom stereocenters. The third kappa shape index (κ3) is 3.72. The van der Waals surface area contributed by atoms with Gasteiger partial charge in [0.25, 0.3) is 0 Å². The van der Waals surface area contributed by atoms with Crippen LogP contribution in [0.3, 0.4) is 0 Å². The minimum atomic E-state index is 0.109. The smallest absolute Gasteiger partial charge is 0.240 e. The van der Waals surface area contributed by atoms with E-state index in [0.29, 0.717) is 22.8 Å². The van der Waals surface area contributed by atoms with Crippen LogP contribution >= 0.6 is 0 Å². The Kier molecular flexibility index (Phi) is 4.40. The van der Waals surface area contributed by atoms with E-state index in [1.54, 1.807) is 31.3 Å². The van der Waals surface area contributed by atoms with E-state index in [2.05, 4.69) is 36.2 Å². The van der Waals surface area contributed by atoms with Gasteiger partial charge in [0.05, 0.1) is 11.4 Å². The molecule has 132 valence electrons. The van der Waals surface area contributed by atoms with Gasteiger partial charge in [-0.05, 0) is 53.2 Å². The fourth-order valence-corrected chi connectivity index (χ4v) is 2.53. The Labute approximate surface area is 154 Å². The molecule has 27 heavy (non-hydrogen) atoms. The molecule has 7 nitrogen and oxygen atoms in total. The number of aryl methyl sites for hydroxylation is 1. The predicted molar refractivity (Wildman–Crippen MR) is 103 cm³/mol. The van der Waals surface area contributed by atoms with Crippen LogP contribution in [0.5, 0.6) is 5.75 Å². The van der Waals surface area contributed by atoms with Crippen molar-refractivity contribution in [2.24, 2.45) is 15.2 Å². The summed E-state index contributed by atoms with van der Waals surface area (Å²) >= 11 is 0. The van der Waals surface area contributed by atoms with Gasteiger partial charge in [0.1, 0.15) is 11.4 Å². The number of rotatable bonds is 4. The van der Waals surface area contributed by atoms with Crippen LogP contribution < -0.4 is 0 Å². The van der Waals surface area contributed by atoms with Crippen LogP contribution in [0.2, 0.25) is 0 Å². The number of phenolic OH excluding ortho intramolecular Hbond substituents is 1. The van der Waals surface area contributed by atoms with E-state index in [9.17, 15) is 5.11 Å². The molecule has 0 spiro atoms. The monoisotopic (exact) mass is 357 g/mol. The molecule has 0 aliphatic rings. The zero-order valence-corrected chi connectivity index (χ0v) is 14.4. The molecule has 7 heteroatoms. The predicted octanol–water partition coefficient (Wildman–Crippen LogP) is 5.40. The molecule has 4 rings (SSSR count). The highest BCUT2D eigenvalue weighted by atomic mass is 16.6. The van der Waals surface area contributed by atoms with E-state index in [1.165, 1.54) is 0 Å². The highest BCUT2D eigenvalue weighted by molar-refractivity contribution is 5.89. The lowest BCUT2D eigenvalue weighted by Crippen LogP contribution is -1.82. The maximum absolute atomic E-state index is 10.1. The fourth-order valence-electron chi connectivity index (χ4n) is 2.53. The van der Waals surface area contributed by atoms with Crippen LogP contribution in [-0.2, 0) is 0 Å². The van der Waals surface area contributed by atoms with Crippen LogP contribution in [-0.4, -0.2) is 21.6 Å². The average molecular weight is 357 g/mol. The van der Waals surface area contributed by atoms with Crippen molar-refractivity contribution in [3.05, 3.63) is 71.9 Å². The molecule has 0 aliphatic heterocycles. The molecule has 0 radical (unpaired) electrons. The molecule has 0 bridgehead atoms. The highest BCUT2D eigenvalue weighted by Crippen LogP contribution is 2.26. The molecule has 1 heterocycles. The van der Waals surface area contributed by atoms with Crippen LogP contribution in [0.25, 0.3) is 10.8 Å². The second-order valence-corrected chi connectivity index (χ2v) is 5.91. The van der Waals surface area contributed by atoms with Crippen molar-refractivity contribution in [2.75, 3.05) is 0 Å². The van der Waals surface area contributed by atoms with E-state index in [-0.39, 0.29) is 5.75 Å². The number of hydrogen-bond donors (Lipinski definition) is 1. The number of fused-ring (bicyclic) bond motifs is 1. The van der Waals surface area contributed by atoms with Crippen LogP contribution in [0.15, 0.2) is 80.5 Å². The molecule has 3 aromatic carbocycles. The third-order valence-corrected chi connectivity index (χ3v) is 3.99. The van der Waals surface area contributed by atoms with Gasteiger partial charge in [-0.15, -0.1) is 10.2 Å². The SMILES string of the molecule is Cc1nonc1N=Nc1ccc(O)c(C=Nc2ccc3ccccc3c2)c1. The molecule has 0 aliphatic carbocycles. The minimum absolute atomic E-state index is 0.109. The lowest BCUT2D eigenvalue weighted by Gasteiger charge is -2.01. The summed E-state index contributed by atoms with van der Waals surface area (Å²) in [5.41, 5.74) is 2.44. The molecule has 0 amide bonds. The first-order valence-electron chi connectivity index (χ1n) is 8.26. The van der Waals surface area contributed by atoms with Crippen molar-refractivity contribution in [1.82, 2.24) is 10.3 Å². The number of azo groups is 1. The molecule has 0 saturated carbocycles. The number of aliphatic imine (C=N–C) groups is 1. The van der Waals surface area contributed by atoms with Gasteiger partial charge >= 0.3 is 0 Å². The summed E-state index contributed by atoms with van der Waals surface area (Å²) < 4.78 is 4.58. The van der Waals surface area contributed by atoms with E-state index >= 15 is 0 Å². The Bertz CT molecular complexity index is 1160. The van der Waals surface area contributed by atoms with Crippen LogP contribution in [0.1, 0.15) is 11.3 Å². The first kappa shape index (κ1) is 16.6. The van der Waals surface area contributed by atoms with Crippen molar-refractivity contribution >= 4 is 34.2 Å². The molecule has 4 aromatic rings. The van der Waals surface area contributed by atoms with Crippen molar-refractivity contribution < 1.29 is 9.74 Å². The third-order valence-electron chi connectivity index (χ3n) is 3.99. The topological polar surface area (TPSA) is 96.2 Å². The van der Waals surface area contributed by atoms with E-state index in [0.717, 1.165) is 16.5 Å². The minimum Gasteiger partial charge on any atom is -0.507 e. The zero-order valence-electron chi connectivity index (χ0n) is 14.4. The largest absolute Gasteiger partial charge is 0.507 e. The van der Waals surface area contributed by atoms with Crippen molar-refractivity contribution in [1.29, 1.82) is 0 Å². The van der Waals surface area contributed by atoms with Gasteiger partial charge in [0, 0.05) is 11.8 Å². The van der Waals surface area contributed by atoms with Crippen LogP contribution in [0, 0.1) is 6.92 Å². The molecule has 1 aromatic heterocycles. The van der Waals surface area contributed by atoms with Crippen LogP contribution in [0.4, 0.5) is 17.2 Å². The van der Waals surface area contributed by atoms with Crippen molar-refractivity contribution in [3.63, 3.8) is 0 Å². The van der Waals surface area contributed by atoms with Gasteiger partial charge in [-0.25, -0.2) is 4.63 Å². The first-order valence-corrected chi connectivity index (χ1v) is 8.26. The maximum atomic E-state index is 10.1. The number of aromatic nitrogens is 2. The Morgan fingerprint density at radius 3 is 2.52 bits per heavy atom. The summed E-state index contributed by atoms with van der Waals surface area (Å²) in [4.78, 5) is 4.46. The molecule has 1 N–H and O–H groups in total. The van der Waals surface area contributed by atoms with Gasteiger partial charge < -0.3 is 5.11 Å². The van der Waals surface area contributed by atoms with Crippen molar-refractivity contribution in [3.8, 4) is 5.75 Å². The van der Waals surface area contributed by atoms with E-state index < -0.39 is 0 Å². The molecule has 0 unspecified atom stereocenters. The summed E-state index contributed by atoms with van der Waals surface area (Å²) in [6.45, 7) is 1.73. The second-order valence-electron chi connectivity index (χ2n) is 5.91. The van der Waals surface area contributed by atoms with Gasteiger partial charge in [-0.3, -0.25) is 4.99 Å². The van der Waals surface area contributed by atoms with Gasteiger partial charge in [-0.1, -0.05) is 35.5 Å². The summed E-state index contributed by atoms with van der Waals surface area (Å²) in [5.74, 6) is 0.423. The second kappa shape index (κ2) is 7.17. The standard InChI is InChI=1S/C20H15N5O2/c1-13-20(25-27-24-13)23-22-18-8-9-19(26)16(11-18)12-21-17-7-6-14-4-2-3-5-15(14)10-17/h2-12,26H,1H3. The quantitative estimate of drug-likeness (QED) is 0.390. The maximum Gasteiger partial charge on any atom is 0.240 e. The lowest BCUT2D eigenvalue weighted by atomic mass is 10.1. The Morgan fingerprint density at radius 1 is 0.889 bits per heavy atom. The first-order chi connectivity index (χ1) is 13.2. The molecule has 0 saturated heterocycles. The zero-order chi connectivity index (χ0) is 18.6. The normalized spacial score (nSPS) is 11.7. The summed E-state index contributed by atoms with van der Waals surface area (Å²) in [5, 5.41) is 27.7. The number of phenols is 1. The summed E-state index contributed by atoms with van der Waals surface area (Å²) in [6.07, 6.45) is 1.60. The Morgan fingerprint density at radius 2 is 1.70 bits per heavy atom. The lowest BCUT2D eigenvalue weighted by molar-refractivity contribution is 0.305. The van der Waals surface area contributed by atoms with E-state index in [1.807, 2.05) is 36.4 Å². The number of nitrogens with zero attached hydrogens (tertiary/aromatic N) is 5. The number of benzene rings is 3. The van der Waals surface area contributed by atoms with Gasteiger partial charge in [-0.2, -0.15) is 0 Å². The van der Waals surface area contributed by atoms with E-state index in [4.69, 9.17) is 0 Å². The number of hydrogen-bond acceptors (Lipinski definition) is 7. The molecule has 0 fully saturated rings. The average Bonchev–Trinajstić information content (AvgIpc) is 3.11. The highest BCUT2D eigenvalue weighted by Gasteiger charge is 2.04.